The lowest BCUT2D eigenvalue weighted by Crippen LogP contribution is -2.44. The van der Waals surface area contributed by atoms with Gasteiger partial charge in [0.25, 0.3) is 10.1 Å². The Morgan fingerprint density at radius 2 is 1.88 bits per heavy atom. The standard InChI is InChI=1S/C30H40BrNO7S/c1-5-8-9-10-11-12-21(4)28(34)32-20-24(39-40(36,37)25-15-13-23(31)14-16-25)17-26(32)27(33)19-30(18-22(30)6-2)29(35)38-7-3/h5-6,13-16,21-22,24,26H,1-2,7-12,17-20H2,3-4H3/t21-,22+,24-,26-,30+/m0/s1. The minimum Gasteiger partial charge on any atom is -0.466 e. The molecule has 3 rings (SSSR count). The van der Waals surface area contributed by atoms with Crippen LogP contribution in [0.1, 0.15) is 65.2 Å². The molecular formula is C30H40BrNO7S. The fourth-order valence-corrected chi connectivity index (χ4v) is 6.77. The van der Waals surface area contributed by atoms with Crippen molar-refractivity contribution in [3.8, 4) is 0 Å². The van der Waals surface area contributed by atoms with Gasteiger partial charge in [-0.3, -0.25) is 18.6 Å². The Morgan fingerprint density at radius 3 is 2.48 bits per heavy atom. The van der Waals surface area contributed by atoms with E-state index in [1.165, 1.54) is 17.0 Å². The highest BCUT2D eigenvalue weighted by Gasteiger charge is 2.61. The van der Waals surface area contributed by atoms with Crippen LogP contribution < -0.4 is 0 Å². The van der Waals surface area contributed by atoms with Gasteiger partial charge in [0.05, 0.1) is 29.1 Å². The first kappa shape index (κ1) is 32.2. The largest absolute Gasteiger partial charge is 0.466 e. The van der Waals surface area contributed by atoms with Gasteiger partial charge < -0.3 is 9.64 Å². The van der Waals surface area contributed by atoms with Crippen molar-refractivity contribution in [1.82, 2.24) is 4.90 Å². The number of rotatable bonds is 16. The van der Waals surface area contributed by atoms with Crippen molar-refractivity contribution in [2.24, 2.45) is 17.3 Å². The Labute approximate surface area is 246 Å². The van der Waals surface area contributed by atoms with Gasteiger partial charge in [-0.05, 0) is 62.8 Å². The fourth-order valence-electron chi connectivity index (χ4n) is 5.43. The van der Waals surface area contributed by atoms with Crippen LogP contribution in [0.3, 0.4) is 0 Å². The molecule has 0 radical (unpaired) electrons. The minimum absolute atomic E-state index is 0.00989. The molecule has 1 heterocycles. The average Bonchev–Trinajstić information content (AvgIpc) is 3.48. The number of allylic oxidation sites excluding steroid dienone is 2. The van der Waals surface area contributed by atoms with E-state index in [2.05, 4.69) is 29.1 Å². The summed E-state index contributed by atoms with van der Waals surface area (Å²) in [5, 5.41) is 0. The highest BCUT2D eigenvalue weighted by molar-refractivity contribution is 9.10. The van der Waals surface area contributed by atoms with Crippen molar-refractivity contribution >= 4 is 43.7 Å². The number of hydrogen-bond acceptors (Lipinski definition) is 7. The quantitative estimate of drug-likeness (QED) is 0.100. The van der Waals surface area contributed by atoms with Crippen molar-refractivity contribution in [3.63, 3.8) is 0 Å². The van der Waals surface area contributed by atoms with Crippen LogP contribution in [0.25, 0.3) is 0 Å². The zero-order valence-corrected chi connectivity index (χ0v) is 25.8. The van der Waals surface area contributed by atoms with E-state index in [0.717, 1.165) is 30.2 Å². The summed E-state index contributed by atoms with van der Waals surface area (Å²) < 4.78 is 37.5. The molecule has 40 heavy (non-hydrogen) atoms. The molecule has 1 aliphatic carbocycles. The number of ketones is 1. The average molecular weight is 639 g/mol. The number of ether oxygens (including phenoxy) is 1. The first-order valence-corrected chi connectivity index (χ1v) is 16.1. The lowest BCUT2D eigenvalue weighted by molar-refractivity contribution is -0.152. The van der Waals surface area contributed by atoms with Crippen molar-refractivity contribution < 1.29 is 31.7 Å². The second-order valence-corrected chi connectivity index (χ2v) is 13.2. The van der Waals surface area contributed by atoms with Crippen LogP contribution in [-0.4, -0.2) is 56.3 Å². The molecule has 1 saturated carbocycles. The summed E-state index contributed by atoms with van der Waals surface area (Å²) in [5.41, 5.74) is -0.983. The first-order chi connectivity index (χ1) is 19.0. The molecule has 2 aliphatic rings. The van der Waals surface area contributed by atoms with E-state index in [9.17, 15) is 22.8 Å². The molecule has 1 aliphatic heterocycles. The van der Waals surface area contributed by atoms with Crippen LogP contribution in [0.5, 0.6) is 0 Å². The minimum atomic E-state index is -4.12. The molecule has 0 aromatic heterocycles. The van der Waals surface area contributed by atoms with Crippen LogP contribution in [0.4, 0.5) is 0 Å². The van der Waals surface area contributed by atoms with E-state index in [4.69, 9.17) is 8.92 Å². The van der Waals surface area contributed by atoms with E-state index < -0.39 is 33.6 Å². The lowest BCUT2D eigenvalue weighted by Gasteiger charge is -2.27. The Kier molecular flexibility index (Phi) is 11.3. The topological polar surface area (TPSA) is 107 Å². The van der Waals surface area contributed by atoms with Crippen LogP contribution in [0.2, 0.25) is 0 Å². The second kappa shape index (κ2) is 14.0. The predicted octanol–water partition coefficient (Wildman–Crippen LogP) is 5.61. The van der Waals surface area contributed by atoms with Crippen molar-refractivity contribution in [1.29, 1.82) is 0 Å². The molecule has 5 atom stereocenters. The van der Waals surface area contributed by atoms with E-state index >= 15 is 0 Å². The number of amides is 1. The Morgan fingerprint density at radius 1 is 1.18 bits per heavy atom. The lowest BCUT2D eigenvalue weighted by atomic mass is 9.91. The third-order valence-electron chi connectivity index (χ3n) is 7.84. The molecular weight excluding hydrogens is 598 g/mol. The zero-order valence-electron chi connectivity index (χ0n) is 23.3. The summed E-state index contributed by atoms with van der Waals surface area (Å²) in [5.74, 6) is -1.48. The maximum absolute atomic E-state index is 13.7. The van der Waals surface area contributed by atoms with E-state index in [0.29, 0.717) is 12.8 Å². The Hall–Kier alpha value is -2.30. The number of hydrogen-bond donors (Lipinski definition) is 0. The fraction of sp³-hybridized carbons (Fsp3) is 0.567. The Balaban J connectivity index is 1.78. The highest BCUT2D eigenvalue weighted by Crippen LogP contribution is 2.57. The van der Waals surface area contributed by atoms with Crippen molar-refractivity contribution in [2.45, 2.75) is 82.3 Å². The normalized spacial score (nSPS) is 24.8. The van der Waals surface area contributed by atoms with Crippen LogP contribution in [0.15, 0.2) is 58.9 Å². The molecule has 8 nitrogen and oxygen atoms in total. The molecule has 1 aromatic rings. The zero-order chi connectivity index (χ0) is 29.5. The number of likely N-dealkylation sites (tertiary alicyclic amines) is 1. The number of carbonyl (C=O) groups excluding carboxylic acids is 3. The van der Waals surface area contributed by atoms with E-state index in [1.54, 1.807) is 25.1 Å². The maximum Gasteiger partial charge on any atom is 0.313 e. The highest BCUT2D eigenvalue weighted by atomic mass is 79.9. The molecule has 0 spiro atoms. The maximum atomic E-state index is 13.7. The van der Waals surface area contributed by atoms with Crippen molar-refractivity contribution in [3.05, 3.63) is 54.0 Å². The number of carbonyl (C=O) groups is 3. The number of halogens is 1. The van der Waals surface area contributed by atoms with Gasteiger partial charge in [-0.1, -0.05) is 47.8 Å². The number of nitrogens with zero attached hydrogens (tertiary/aromatic N) is 1. The monoisotopic (exact) mass is 637 g/mol. The second-order valence-electron chi connectivity index (χ2n) is 10.8. The predicted molar refractivity (Wildman–Crippen MR) is 156 cm³/mol. The first-order valence-electron chi connectivity index (χ1n) is 13.9. The molecule has 0 N–H and O–H groups in total. The number of Topliss-reactive ketones (excluding diaryl/α,β-unsaturated/α-hetero) is 1. The van der Waals surface area contributed by atoms with E-state index in [1.807, 2.05) is 13.0 Å². The number of benzene rings is 1. The van der Waals surface area contributed by atoms with Gasteiger partial charge in [0.15, 0.2) is 5.78 Å². The number of esters is 1. The van der Waals surface area contributed by atoms with Crippen LogP contribution >= 0.6 is 15.9 Å². The van der Waals surface area contributed by atoms with Crippen molar-refractivity contribution in [2.75, 3.05) is 13.2 Å². The van der Waals surface area contributed by atoms with Gasteiger partial charge in [0, 0.05) is 29.8 Å². The van der Waals surface area contributed by atoms with E-state index in [-0.39, 0.29) is 54.4 Å². The third kappa shape index (κ3) is 7.70. The summed E-state index contributed by atoms with van der Waals surface area (Å²) in [6, 6.07) is 5.17. The van der Waals surface area contributed by atoms with Gasteiger partial charge >= 0.3 is 5.97 Å². The molecule has 0 bridgehead atoms. The molecule has 1 saturated heterocycles. The smallest absolute Gasteiger partial charge is 0.313 e. The molecule has 220 valence electrons. The van der Waals surface area contributed by atoms with Gasteiger partial charge in [-0.2, -0.15) is 8.42 Å². The van der Waals surface area contributed by atoms with Gasteiger partial charge in [0.1, 0.15) is 0 Å². The summed E-state index contributed by atoms with van der Waals surface area (Å²) in [4.78, 5) is 41.5. The summed E-state index contributed by atoms with van der Waals surface area (Å²) >= 11 is 3.29. The summed E-state index contributed by atoms with van der Waals surface area (Å²) in [6.45, 7) is 11.2. The van der Waals surface area contributed by atoms with Gasteiger partial charge in [0.2, 0.25) is 5.91 Å². The molecule has 1 amide bonds. The van der Waals surface area contributed by atoms with Crippen LogP contribution in [-0.2, 0) is 33.4 Å². The SMILES string of the molecule is C=CCCCCC[C@H](C)C(=O)N1C[C@@H](OS(=O)(=O)c2ccc(Br)cc2)C[C@H]1C(=O)C[C@]1(C(=O)OCC)C[C@H]1C=C. The molecule has 2 fully saturated rings. The molecule has 10 heteroatoms. The third-order valence-corrected chi connectivity index (χ3v) is 9.74. The molecule has 1 aromatic carbocycles. The summed E-state index contributed by atoms with van der Waals surface area (Å²) in [7, 11) is -4.12. The van der Waals surface area contributed by atoms with Gasteiger partial charge in [-0.25, -0.2) is 0 Å². The number of unbranched alkanes of at least 4 members (excludes halogenated alkanes) is 3. The molecule has 0 unspecified atom stereocenters. The van der Waals surface area contributed by atoms with Gasteiger partial charge in [-0.15, -0.1) is 13.2 Å². The van der Waals surface area contributed by atoms with Crippen LogP contribution in [0, 0.1) is 17.3 Å². The summed E-state index contributed by atoms with van der Waals surface area (Å²) in [6.07, 6.45) is 7.44. The Bertz CT molecular complexity index is 1200.